The third kappa shape index (κ3) is 2.03. The summed E-state index contributed by atoms with van der Waals surface area (Å²) in [6.45, 7) is 5.84. The van der Waals surface area contributed by atoms with Gasteiger partial charge in [0.25, 0.3) is 0 Å². The monoisotopic (exact) mass is 221 g/mol. The van der Waals surface area contributed by atoms with E-state index < -0.39 is 0 Å². The summed E-state index contributed by atoms with van der Waals surface area (Å²) in [5, 5.41) is 0.994. The summed E-state index contributed by atoms with van der Waals surface area (Å²) in [7, 11) is 0. The lowest BCUT2D eigenvalue weighted by Gasteiger charge is -2.10. The van der Waals surface area contributed by atoms with Gasteiger partial charge < -0.3 is 9.72 Å². The average molecular weight is 221 g/mol. The van der Waals surface area contributed by atoms with Gasteiger partial charge in [-0.1, -0.05) is 6.92 Å². The highest BCUT2D eigenvalue weighted by Gasteiger charge is 2.09. The first kappa shape index (κ1) is 11.0. The summed E-state index contributed by atoms with van der Waals surface area (Å²) >= 11 is 0. The number of benzene rings is 1. The van der Waals surface area contributed by atoms with E-state index in [-0.39, 0.29) is 11.9 Å². The first-order valence-corrected chi connectivity index (χ1v) is 5.58. The van der Waals surface area contributed by atoms with Crippen LogP contribution in [0.25, 0.3) is 10.9 Å². The minimum atomic E-state index is -0.314. The maximum absolute atomic E-state index is 13.6. The van der Waals surface area contributed by atoms with Crippen LogP contribution in [0.5, 0.6) is 5.75 Å². The Balaban J connectivity index is 2.47. The summed E-state index contributed by atoms with van der Waals surface area (Å²) < 4.78 is 19.1. The molecule has 0 aliphatic rings. The van der Waals surface area contributed by atoms with Crippen LogP contribution in [-0.2, 0) is 6.42 Å². The van der Waals surface area contributed by atoms with Gasteiger partial charge in [0.15, 0.2) is 11.6 Å². The quantitative estimate of drug-likeness (QED) is 0.840. The Kier molecular flexibility index (Phi) is 2.86. The van der Waals surface area contributed by atoms with Crippen LogP contribution in [-0.4, -0.2) is 11.1 Å². The number of aromatic amines is 1. The van der Waals surface area contributed by atoms with Crippen molar-refractivity contribution in [2.24, 2.45) is 0 Å². The Morgan fingerprint density at radius 2 is 2.06 bits per heavy atom. The van der Waals surface area contributed by atoms with Crippen molar-refractivity contribution in [3.8, 4) is 5.75 Å². The molecule has 3 heteroatoms. The number of aryl methyl sites for hydroxylation is 1. The van der Waals surface area contributed by atoms with Gasteiger partial charge in [0.05, 0.1) is 6.10 Å². The molecular formula is C13H16FNO. The molecule has 2 rings (SSSR count). The van der Waals surface area contributed by atoms with E-state index in [1.807, 2.05) is 19.9 Å². The number of hydrogen-bond acceptors (Lipinski definition) is 1. The molecular weight excluding hydrogens is 205 g/mol. The molecule has 0 saturated carbocycles. The molecule has 16 heavy (non-hydrogen) atoms. The van der Waals surface area contributed by atoms with Crippen molar-refractivity contribution in [1.29, 1.82) is 0 Å². The molecule has 0 amide bonds. The lowest BCUT2D eigenvalue weighted by Crippen LogP contribution is -2.06. The van der Waals surface area contributed by atoms with Gasteiger partial charge in [-0.2, -0.15) is 0 Å². The van der Waals surface area contributed by atoms with E-state index in [0.717, 1.165) is 23.0 Å². The molecule has 2 nitrogen and oxygen atoms in total. The maximum atomic E-state index is 13.6. The van der Waals surface area contributed by atoms with E-state index in [1.54, 1.807) is 6.07 Å². The average Bonchev–Trinajstić information content (AvgIpc) is 2.59. The number of hydrogen-bond donors (Lipinski definition) is 1. The van der Waals surface area contributed by atoms with Gasteiger partial charge in [-0.15, -0.1) is 0 Å². The van der Waals surface area contributed by atoms with Crippen LogP contribution in [0, 0.1) is 5.82 Å². The molecule has 0 radical (unpaired) electrons. The molecule has 0 aliphatic heterocycles. The Labute approximate surface area is 94.4 Å². The second-order valence-corrected chi connectivity index (χ2v) is 4.18. The molecule has 1 aromatic heterocycles. The van der Waals surface area contributed by atoms with Crippen LogP contribution in [0.4, 0.5) is 4.39 Å². The van der Waals surface area contributed by atoms with Crippen LogP contribution < -0.4 is 4.74 Å². The minimum Gasteiger partial charge on any atom is -0.488 e. The molecule has 0 bridgehead atoms. The standard InChI is InChI=1S/C13H16FNO/c1-4-10-5-9-6-13(16-8(2)3)11(14)7-12(9)15-10/h5-8,15H,4H2,1-3H3. The molecule has 0 saturated heterocycles. The highest BCUT2D eigenvalue weighted by molar-refractivity contribution is 5.82. The second-order valence-electron chi connectivity index (χ2n) is 4.18. The number of nitrogens with one attached hydrogen (secondary N) is 1. The summed E-state index contributed by atoms with van der Waals surface area (Å²) in [4.78, 5) is 3.17. The molecule has 1 N–H and O–H groups in total. The van der Waals surface area contributed by atoms with Gasteiger partial charge in [0.1, 0.15) is 0 Å². The molecule has 1 aromatic carbocycles. The molecule has 2 aromatic rings. The number of ether oxygens (including phenoxy) is 1. The molecule has 0 aliphatic carbocycles. The van der Waals surface area contributed by atoms with Crippen molar-refractivity contribution in [2.75, 3.05) is 0 Å². The van der Waals surface area contributed by atoms with E-state index in [4.69, 9.17) is 4.74 Å². The maximum Gasteiger partial charge on any atom is 0.167 e. The summed E-state index contributed by atoms with van der Waals surface area (Å²) in [5.41, 5.74) is 1.93. The van der Waals surface area contributed by atoms with Crippen LogP contribution in [0.1, 0.15) is 26.5 Å². The normalized spacial score (nSPS) is 11.3. The summed E-state index contributed by atoms with van der Waals surface area (Å²) in [6, 6.07) is 5.27. The highest BCUT2D eigenvalue weighted by atomic mass is 19.1. The number of rotatable bonds is 3. The number of aromatic nitrogens is 1. The van der Waals surface area contributed by atoms with E-state index >= 15 is 0 Å². The van der Waals surface area contributed by atoms with Gasteiger partial charge in [-0.25, -0.2) is 4.39 Å². The second kappa shape index (κ2) is 4.16. The van der Waals surface area contributed by atoms with Crippen molar-refractivity contribution >= 4 is 10.9 Å². The smallest absolute Gasteiger partial charge is 0.167 e. The van der Waals surface area contributed by atoms with Crippen molar-refractivity contribution < 1.29 is 9.13 Å². The molecule has 0 unspecified atom stereocenters. The largest absolute Gasteiger partial charge is 0.488 e. The molecule has 1 heterocycles. The van der Waals surface area contributed by atoms with Gasteiger partial charge in [-0.3, -0.25) is 0 Å². The predicted molar refractivity (Wildman–Crippen MR) is 63.4 cm³/mol. The predicted octanol–water partition coefficient (Wildman–Crippen LogP) is 3.66. The lowest BCUT2D eigenvalue weighted by atomic mass is 10.2. The van der Waals surface area contributed by atoms with E-state index in [2.05, 4.69) is 11.9 Å². The minimum absolute atomic E-state index is 0.0171. The molecule has 86 valence electrons. The fourth-order valence-electron chi connectivity index (χ4n) is 1.73. The van der Waals surface area contributed by atoms with Gasteiger partial charge in [0.2, 0.25) is 0 Å². The Bertz CT molecular complexity index is 502. The molecule has 0 fully saturated rings. The van der Waals surface area contributed by atoms with Crippen LogP contribution in [0.2, 0.25) is 0 Å². The lowest BCUT2D eigenvalue weighted by molar-refractivity contribution is 0.231. The molecule has 0 spiro atoms. The zero-order valence-electron chi connectivity index (χ0n) is 9.80. The van der Waals surface area contributed by atoms with Crippen molar-refractivity contribution in [3.63, 3.8) is 0 Å². The summed E-state index contributed by atoms with van der Waals surface area (Å²) in [5.74, 6) is 0.00913. The van der Waals surface area contributed by atoms with E-state index in [1.165, 1.54) is 6.07 Å². The van der Waals surface area contributed by atoms with E-state index in [9.17, 15) is 4.39 Å². The zero-order valence-corrected chi connectivity index (χ0v) is 9.80. The SMILES string of the molecule is CCc1cc2cc(OC(C)C)c(F)cc2[nH]1. The van der Waals surface area contributed by atoms with Gasteiger partial charge >= 0.3 is 0 Å². The summed E-state index contributed by atoms with van der Waals surface area (Å²) in [6.07, 6.45) is 0.896. The Morgan fingerprint density at radius 1 is 1.31 bits per heavy atom. The number of H-pyrrole nitrogens is 1. The van der Waals surface area contributed by atoms with Gasteiger partial charge in [0, 0.05) is 22.7 Å². The first-order valence-electron chi connectivity index (χ1n) is 5.58. The van der Waals surface area contributed by atoms with E-state index in [0.29, 0.717) is 5.75 Å². The topological polar surface area (TPSA) is 25.0 Å². The Hall–Kier alpha value is -1.51. The van der Waals surface area contributed by atoms with Crippen LogP contribution in [0.15, 0.2) is 18.2 Å². The van der Waals surface area contributed by atoms with Crippen LogP contribution in [0.3, 0.4) is 0 Å². The van der Waals surface area contributed by atoms with Crippen molar-refractivity contribution in [3.05, 3.63) is 29.7 Å². The fourth-order valence-corrected chi connectivity index (χ4v) is 1.73. The zero-order chi connectivity index (χ0) is 11.7. The number of fused-ring (bicyclic) bond motifs is 1. The third-order valence-electron chi connectivity index (χ3n) is 2.47. The van der Waals surface area contributed by atoms with Crippen molar-refractivity contribution in [2.45, 2.75) is 33.3 Å². The van der Waals surface area contributed by atoms with Crippen LogP contribution >= 0.6 is 0 Å². The molecule has 0 atom stereocenters. The third-order valence-corrected chi connectivity index (χ3v) is 2.47. The first-order chi connectivity index (χ1) is 7.60. The van der Waals surface area contributed by atoms with Gasteiger partial charge in [-0.05, 0) is 32.4 Å². The Morgan fingerprint density at radius 3 is 2.69 bits per heavy atom. The highest BCUT2D eigenvalue weighted by Crippen LogP contribution is 2.26. The number of halogens is 1. The fraction of sp³-hybridized carbons (Fsp3) is 0.385. The van der Waals surface area contributed by atoms with Crippen molar-refractivity contribution in [1.82, 2.24) is 4.98 Å².